The Balaban J connectivity index is 2.91. The van der Waals surface area contributed by atoms with Gasteiger partial charge in [-0.2, -0.15) is 23.5 Å². The van der Waals surface area contributed by atoms with Crippen LogP contribution in [-0.4, -0.2) is 49.4 Å². The third-order valence-electron chi connectivity index (χ3n) is 3.40. The van der Waals surface area contributed by atoms with Crippen molar-refractivity contribution < 1.29 is 9.47 Å². The van der Waals surface area contributed by atoms with E-state index in [0.717, 1.165) is 37.9 Å². The summed E-state index contributed by atoms with van der Waals surface area (Å²) in [7, 11) is 0. The van der Waals surface area contributed by atoms with Crippen LogP contribution in [0.3, 0.4) is 0 Å². The van der Waals surface area contributed by atoms with Crippen LogP contribution in [0.4, 0.5) is 0 Å². The zero-order chi connectivity index (χ0) is 16.1. The van der Waals surface area contributed by atoms with Crippen molar-refractivity contribution in [2.75, 3.05) is 49.4 Å². The molecule has 0 unspecified atom stereocenters. The minimum Gasteiger partial charge on any atom is -0.378 e. The SMILES string of the molecule is CCCCCCSCCOCCOCCSCCCCCC. The van der Waals surface area contributed by atoms with Crippen molar-refractivity contribution in [3.05, 3.63) is 0 Å². The van der Waals surface area contributed by atoms with E-state index in [1.165, 1.54) is 62.9 Å². The van der Waals surface area contributed by atoms with Gasteiger partial charge in [-0.15, -0.1) is 0 Å². The molecule has 0 N–H and O–H groups in total. The molecule has 2 nitrogen and oxygen atoms in total. The first kappa shape index (κ1) is 22.6. The number of unbranched alkanes of at least 4 members (excludes halogenated alkanes) is 6. The number of hydrogen-bond donors (Lipinski definition) is 0. The van der Waals surface area contributed by atoms with Crippen LogP contribution >= 0.6 is 23.5 Å². The van der Waals surface area contributed by atoms with Gasteiger partial charge in [0.05, 0.1) is 26.4 Å². The summed E-state index contributed by atoms with van der Waals surface area (Å²) in [5.74, 6) is 4.82. The molecule has 0 bridgehead atoms. The first-order valence-electron chi connectivity index (χ1n) is 9.22. The van der Waals surface area contributed by atoms with Crippen LogP contribution in [0.5, 0.6) is 0 Å². The summed E-state index contributed by atoms with van der Waals surface area (Å²) < 4.78 is 11.2. The molecule has 0 atom stereocenters. The van der Waals surface area contributed by atoms with E-state index in [-0.39, 0.29) is 0 Å². The largest absolute Gasteiger partial charge is 0.378 e. The highest BCUT2D eigenvalue weighted by atomic mass is 32.2. The highest BCUT2D eigenvalue weighted by molar-refractivity contribution is 7.99. The zero-order valence-electron chi connectivity index (χ0n) is 14.9. The molecule has 0 aliphatic rings. The normalized spacial score (nSPS) is 11.2. The van der Waals surface area contributed by atoms with Gasteiger partial charge in [0.15, 0.2) is 0 Å². The molecule has 0 rings (SSSR count). The minimum atomic E-state index is 0.748. The molecule has 4 heteroatoms. The summed E-state index contributed by atoms with van der Waals surface area (Å²) in [5.41, 5.74) is 0. The Bertz CT molecular complexity index is 172. The Morgan fingerprint density at radius 3 is 1.36 bits per heavy atom. The number of thioether (sulfide) groups is 2. The molecule has 0 saturated carbocycles. The van der Waals surface area contributed by atoms with Gasteiger partial charge in [-0.3, -0.25) is 0 Å². The predicted octanol–water partition coefficient (Wildman–Crippen LogP) is 5.65. The second kappa shape index (κ2) is 21.6. The Hall–Kier alpha value is 0.620. The van der Waals surface area contributed by atoms with Crippen LogP contribution in [0.1, 0.15) is 65.2 Å². The van der Waals surface area contributed by atoms with Gasteiger partial charge in [0.2, 0.25) is 0 Å². The molecule has 0 spiro atoms. The smallest absolute Gasteiger partial charge is 0.0700 e. The lowest BCUT2D eigenvalue weighted by Crippen LogP contribution is -2.08. The number of rotatable bonds is 19. The van der Waals surface area contributed by atoms with Crippen molar-refractivity contribution in [1.82, 2.24) is 0 Å². The molecule has 134 valence electrons. The number of hydrogen-bond acceptors (Lipinski definition) is 4. The van der Waals surface area contributed by atoms with E-state index in [9.17, 15) is 0 Å². The van der Waals surface area contributed by atoms with Gasteiger partial charge >= 0.3 is 0 Å². The van der Waals surface area contributed by atoms with Crippen LogP contribution in [-0.2, 0) is 9.47 Å². The van der Waals surface area contributed by atoms with Crippen LogP contribution in [0.2, 0.25) is 0 Å². The maximum atomic E-state index is 5.58. The van der Waals surface area contributed by atoms with Gasteiger partial charge in [-0.25, -0.2) is 0 Å². The highest BCUT2D eigenvalue weighted by Crippen LogP contribution is 2.08. The Kier molecular flexibility index (Phi) is 22.2. The maximum Gasteiger partial charge on any atom is 0.0700 e. The zero-order valence-corrected chi connectivity index (χ0v) is 16.6. The van der Waals surface area contributed by atoms with E-state index < -0.39 is 0 Å². The molecule has 0 radical (unpaired) electrons. The molecule has 0 aromatic rings. The molecule has 0 saturated heterocycles. The van der Waals surface area contributed by atoms with Crippen molar-refractivity contribution >= 4 is 23.5 Å². The molecule has 0 aliphatic heterocycles. The molecule has 0 heterocycles. The van der Waals surface area contributed by atoms with Crippen molar-refractivity contribution in [3.63, 3.8) is 0 Å². The van der Waals surface area contributed by atoms with Crippen LogP contribution < -0.4 is 0 Å². The summed E-state index contributed by atoms with van der Waals surface area (Å²) in [4.78, 5) is 0. The van der Waals surface area contributed by atoms with E-state index in [2.05, 4.69) is 13.8 Å². The average Bonchev–Trinajstić information content (AvgIpc) is 2.54. The standard InChI is InChI=1S/C18H38O2S2/c1-3-5-7-9-15-21-17-13-19-11-12-20-14-18-22-16-10-8-6-4-2/h3-18H2,1-2H3. The number of ether oxygens (including phenoxy) is 2. The monoisotopic (exact) mass is 350 g/mol. The minimum absolute atomic E-state index is 0.748. The van der Waals surface area contributed by atoms with Gasteiger partial charge in [-0.1, -0.05) is 52.4 Å². The van der Waals surface area contributed by atoms with Crippen molar-refractivity contribution in [2.24, 2.45) is 0 Å². The van der Waals surface area contributed by atoms with E-state index in [1.54, 1.807) is 0 Å². The van der Waals surface area contributed by atoms with Crippen molar-refractivity contribution in [1.29, 1.82) is 0 Å². The van der Waals surface area contributed by atoms with E-state index >= 15 is 0 Å². The lowest BCUT2D eigenvalue weighted by Gasteiger charge is -2.06. The topological polar surface area (TPSA) is 18.5 Å². The van der Waals surface area contributed by atoms with Crippen molar-refractivity contribution in [3.8, 4) is 0 Å². The second-order valence-electron chi connectivity index (χ2n) is 5.57. The van der Waals surface area contributed by atoms with Gasteiger partial charge in [-0.05, 0) is 24.3 Å². The molecular formula is C18H38O2S2. The summed E-state index contributed by atoms with van der Waals surface area (Å²) in [6, 6.07) is 0. The van der Waals surface area contributed by atoms with Gasteiger partial charge < -0.3 is 9.47 Å². The van der Waals surface area contributed by atoms with E-state index in [4.69, 9.17) is 9.47 Å². The Morgan fingerprint density at radius 2 is 0.955 bits per heavy atom. The second-order valence-corrected chi connectivity index (χ2v) is 8.02. The molecule has 0 amide bonds. The van der Waals surface area contributed by atoms with Gasteiger partial charge in [0.1, 0.15) is 0 Å². The fraction of sp³-hybridized carbons (Fsp3) is 1.00. The molecule has 22 heavy (non-hydrogen) atoms. The lowest BCUT2D eigenvalue weighted by atomic mass is 10.2. The molecule has 0 aromatic carbocycles. The highest BCUT2D eigenvalue weighted by Gasteiger charge is 1.94. The third kappa shape index (κ3) is 20.6. The van der Waals surface area contributed by atoms with Crippen LogP contribution in [0.15, 0.2) is 0 Å². The first-order valence-corrected chi connectivity index (χ1v) is 11.5. The van der Waals surface area contributed by atoms with E-state index in [1.807, 2.05) is 23.5 Å². The first-order chi connectivity index (χ1) is 10.9. The fourth-order valence-corrected chi connectivity index (χ4v) is 3.72. The fourth-order valence-electron chi connectivity index (χ4n) is 2.02. The van der Waals surface area contributed by atoms with Gasteiger partial charge in [0, 0.05) is 11.5 Å². The van der Waals surface area contributed by atoms with Crippen molar-refractivity contribution in [2.45, 2.75) is 65.2 Å². The Labute approximate surface area is 147 Å². The maximum absolute atomic E-state index is 5.58. The molecule has 0 fully saturated rings. The molecule has 0 aliphatic carbocycles. The summed E-state index contributed by atoms with van der Waals surface area (Å²) in [5, 5.41) is 0. The molecular weight excluding hydrogens is 312 g/mol. The summed E-state index contributed by atoms with van der Waals surface area (Å²) >= 11 is 4.03. The molecule has 0 aromatic heterocycles. The van der Waals surface area contributed by atoms with Gasteiger partial charge in [0.25, 0.3) is 0 Å². The Morgan fingerprint density at radius 1 is 0.500 bits per heavy atom. The van der Waals surface area contributed by atoms with Crippen LogP contribution in [0.25, 0.3) is 0 Å². The van der Waals surface area contributed by atoms with Crippen LogP contribution in [0, 0.1) is 0 Å². The van der Waals surface area contributed by atoms with E-state index in [0.29, 0.717) is 0 Å². The third-order valence-corrected chi connectivity index (χ3v) is 5.47. The predicted molar refractivity (Wildman–Crippen MR) is 105 cm³/mol. The lowest BCUT2D eigenvalue weighted by molar-refractivity contribution is 0.0605. The summed E-state index contributed by atoms with van der Waals surface area (Å²) in [6.45, 7) is 7.75. The average molecular weight is 351 g/mol. The quantitative estimate of drug-likeness (QED) is 0.280. The summed E-state index contributed by atoms with van der Waals surface area (Å²) in [6.07, 6.45) is 10.9.